The number of nitrogens with zero attached hydrogens (tertiary/aromatic N) is 1. The number of benzene rings is 2. The molecule has 5 rings (SSSR count). The molecular formula is C32H37NO6. The van der Waals surface area contributed by atoms with E-state index in [4.69, 9.17) is 23.9 Å². The number of esters is 1. The van der Waals surface area contributed by atoms with Crippen LogP contribution in [0.4, 0.5) is 0 Å². The molecule has 0 saturated heterocycles. The van der Waals surface area contributed by atoms with E-state index in [0.29, 0.717) is 41.4 Å². The third kappa shape index (κ3) is 5.32. The number of carbonyl (C=O) groups excluding carboxylic acids is 2. The van der Waals surface area contributed by atoms with Crippen molar-refractivity contribution in [1.29, 1.82) is 0 Å². The van der Waals surface area contributed by atoms with E-state index in [1.54, 1.807) is 21.3 Å². The fraction of sp³-hybridized carbons (Fsp3) is 0.469. The number of Topliss-reactive ketones (excluding diaryl/α,β-unsaturated/α-hetero) is 1. The van der Waals surface area contributed by atoms with Crippen LogP contribution in [0.1, 0.15) is 74.8 Å². The van der Waals surface area contributed by atoms with Gasteiger partial charge in [0.1, 0.15) is 12.0 Å². The predicted octanol–water partition coefficient (Wildman–Crippen LogP) is 6.16. The second-order valence-corrected chi connectivity index (χ2v) is 10.7. The fourth-order valence-corrected chi connectivity index (χ4v) is 6.39. The van der Waals surface area contributed by atoms with Crippen LogP contribution in [0.2, 0.25) is 0 Å². The maximum atomic E-state index is 13.9. The monoisotopic (exact) mass is 531 g/mol. The van der Waals surface area contributed by atoms with Crippen molar-refractivity contribution in [2.24, 2.45) is 10.9 Å². The summed E-state index contributed by atoms with van der Waals surface area (Å²) in [6.45, 7) is 1.87. The van der Waals surface area contributed by atoms with Crippen molar-refractivity contribution >= 4 is 17.5 Å². The molecule has 0 N–H and O–H groups in total. The van der Waals surface area contributed by atoms with Crippen LogP contribution in [0.3, 0.4) is 0 Å². The summed E-state index contributed by atoms with van der Waals surface area (Å²) in [5.74, 6) is -0.155. The highest BCUT2D eigenvalue weighted by molar-refractivity contribution is 6.09. The quantitative estimate of drug-likeness (QED) is 0.398. The number of ether oxygens (including phenoxy) is 4. The molecular weight excluding hydrogens is 494 g/mol. The third-order valence-electron chi connectivity index (χ3n) is 8.29. The Morgan fingerprint density at radius 3 is 2.15 bits per heavy atom. The van der Waals surface area contributed by atoms with Crippen molar-refractivity contribution in [2.75, 3.05) is 21.3 Å². The molecule has 3 atom stereocenters. The Morgan fingerprint density at radius 2 is 1.54 bits per heavy atom. The first-order valence-electron chi connectivity index (χ1n) is 13.8. The number of hydrogen-bond acceptors (Lipinski definition) is 7. The molecule has 2 aromatic carbocycles. The van der Waals surface area contributed by atoms with E-state index in [9.17, 15) is 9.59 Å². The lowest BCUT2D eigenvalue weighted by Gasteiger charge is -2.37. The standard InChI is InChI=1S/C32H37NO6/c1-19-28(32(35)39-23-13-9-6-10-14-23)29(22-17-26(36-2)31(38-4)27(18-22)37-3)30-24(33-19)15-21(16-25(30)34)20-11-7-5-8-12-20/h5,7-8,11-12,17-18,21,23,28-29H,6,9-10,13-16H2,1-4H3/t21-,28?,29-/m1/s1. The van der Waals surface area contributed by atoms with Crippen molar-refractivity contribution < 1.29 is 28.5 Å². The van der Waals surface area contributed by atoms with Gasteiger partial charge in [-0.1, -0.05) is 36.8 Å². The Morgan fingerprint density at radius 1 is 0.872 bits per heavy atom. The van der Waals surface area contributed by atoms with Crippen LogP contribution in [-0.4, -0.2) is 44.9 Å². The molecule has 39 heavy (non-hydrogen) atoms. The van der Waals surface area contributed by atoms with E-state index in [1.165, 1.54) is 6.42 Å². The van der Waals surface area contributed by atoms with Crippen LogP contribution in [0.15, 0.2) is 58.7 Å². The molecule has 1 heterocycles. The van der Waals surface area contributed by atoms with Crippen LogP contribution < -0.4 is 14.2 Å². The minimum Gasteiger partial charge on any atom is -0.493 e. The molecule has 0 bridgehead atoms. The van der Waals surface area contributed by atoms with E-state index < -0.39 is 11.8 Å². The molecule has 1 fully saturated rings. The molecule has 0 radical (unpaired) electrons. The van der Waals surface area contributed by atoms with Gasteiger partial charge in [-0.2, -0.15) is 0 Å². The number of aliphatic imine (C=N–C) groups is 1. The van der Waals surface area contributed by atoms with Gasteiger partial charge in [0.25, 0.3) is 0 Å². The Bertz CT molecular complexity index is 1270. The summed E-state index contributed by atoms with van der Waals surface area (Å²) < 4.78 is 22.9. The van der Waals surface area contributed by atoms with E-state index in [2.05, 4.69) is 12.1 Å². The predicted molar refractivity (Wildman–Crippen MR) is 149 cm³/mol. The van der Waals surface area contributed by atoms with Crippen LogP contribution in [0, 0.1) is 5.92 Å². The number of ketones is 1. The summed E-state index contributed by atoms with van der Waals surface area (Å²) in [5.41, 5.74) is 3.86. The van der Waals surface area contributed by atoms with Crippen LogP contribution in [0.25, 0.3) is 0 Å². The lowest BCUT2D eigenvalue weighted by molar-refractivity contribution is -0.153. The summed E-state index contributed by atoms with van der Waals surface area (Å²) in [4.78, 5) is 32.7. The normalized spacial score (nSPS) is 23.5. The summed E-state index contributed by atoms with van der Waals surface area (Å²) in [6.07, 6.45) is 5.92. The number of methoxy groups -OCH3 is 3. The van der Waals surface area contributed by atoms with Gasteiger partial charge in [-0.25, -0.2) is 0 Å². The molecule has 2 aromatic rings. The number of allylic oxidation sites excluding steroid dienone is 2. The minimum atomic E-state index is -0.717. The molecule has 7 heteroatoms. The summed E-state index contributed by atoms with van der Waals surface area (Å²) in [6, 6.07) is 13.8. The zero-order valence-corrected chi connectivity index (χ0v) is 23.2. The highest BCUT2D eigenvalue weighted by atomic mass is 16.5. The Hall–Kier alpha value is -3.61. The molecule has 1 aliphatic heterocycles. The zero-order valence-electron chi connectivity index (χ0n) is 23.2. The second-order valence-electron chi connectivity index (χ2n) is 10.7. The highest BCUT2D eigenvalue weighted by Crippen LogP contribution is 2.50. The molecule has 0 amide bonds. The molecule has 1 saturated carbocycles. The first-order chi connectivity index (χ1) is 18.9. The maximum Gasteiger partial charge on any atom is 0.315 e. The Balaban J connectivity index is 1.60. The van der Waals surface area contributed by atoms with Crippen molar-refractivity contribution in [3.8, 4) is 17.2 Å². The molecule has 0 aromatic heterocycles. The lowest BCUT2D eigenvalue weighted by Crippen LogP contribution is -2.39. The molecule has 3 aliphatic rings. The van der Waals surface area contributed by atoms with Gasteiger partial charge in [-0.05, 0) is 68.2 Å². The van der Waals surface area contributed by atoms with Crippen LogP contribution in [0.5, 0.6) is 17.2 Å². The van der Waals surface area contributed by atoms with Gasteiger partial charge in [0.05, 0.1) is 21.3 Å². The van der Waals surface area contributed by atoms with Gasteiger partial charge in [-0.15, -0.1) is 0 Å². The van der Waals surface area contributed by atoms with Crippen LogP contribution in [-0.2, 0) is 14.3 Å². The second kappa shape index (κ2) is 11.6. The average Bonchev–Trinajstić information content (AvgIpc) is 2.96. The minimum absolute atomic E-state index is 0.00979. The van der Waals surface area contributed by atoms with E-state index in [-0.39, 0.29) is 23.8 Å². The average molecular weight is 532 g/mol. The first-order valence-corrected chi connectivity index (χ1v) is 13.8. The largest absolute Gasteiger partial charge is 0.493 e. The number of hydrogen-bond donors (Lipinski definition) is 0. The zero-order chi connectivity index (χ0) is 27.5. The van der Waals surface area contributed by atoms with Crippen molar-refractivity contribution in [3.63, 3.8) is 0 Å². The van der Waals surface area contributed by atoms with E-state index >= 15 is 0 Å². The van der Waals surface area contributed by atoms with Crippen molar-refractivity contribution in [1.82, 2.24) is 0 Å². The van der Waals surface area contributed by atoms with Gasteiger partial charge in [-0.3, -0.25) is 14.6 Å². The summed E-state index contributed by atoms with van der Waals surface area (Å²) in [7, 11) is 4.67. The Kier molecular flexibility index (Phi) is 8.05. The molecule has 7 nitrogen and oxygen atoms in total. The van der Waals surface area contributed by atoms with Gasteiger partial charge in [0.2, 0.25) is 5.75 Å². The molecule has 206 valence electrons. The lowest BCUT2D eigenvalue weighted by atomic mass is 9.69. The van der Waals surface area contributed by atoms with E-state index in [1.807, 2.05) is 37.3 Å². The van der Waals surface area contributed by atoms with Crippen molar-refractivity contribution in [2.45, 2.75) is 69.8 Å². The van der Waals surface area contributed by atoms with Gasteiger partial charge in [0.15, 0.2) is 17.3 Å². The topological polar surface area (TPSA) is 83.4 Å². The fourth-order valence-electron chi connectivity index (χ4n) is 6.39. The van der Waals surface area contributed by atoms with Crippen molar-refractivity contribution in [3.05, 3.63) is 64.9 Å². The Labute approximate surface area is 230 Å². The third-order valence-corrected chi connectivity index (χ3v) is 8.29. The maximum absolute atomic E-state index is 13.9. The first kappa shape index (κ1) is 27.0. The van der Waals surface area contributed by atoms with E-state index in [0.717, 1.165) is 42.5 Å². The van der Waals surface area contributed by atoms with Gasteiger partial charge in [0, 0.05) is 29.3 Å². The molecule has 1 unspecified atom stereocenters. The molecule has 0 spiro atoms. The molecule has 2 aliphatic carbocycles. The number of rotatable bonds is 7. The SMILES string of the molecule is COc1cc([C@H]2C3=C(C[C@@H](c4ccccc4)CC3=O)N=C(C)C2C(=O)OC2CCCCC2)cc(OC)c1OC. The number of carbonyl (C=O) groups is 2. The highest BCUT2D eigenvalue weighted by Gasteiger charge is 2.45. The van der Waals surface area contributed by atoms with Gasteiger partial charge >= 0.3 is 5.97 Å². The van der Waals surface area contributed by atoms with Crippen LogP contribution >= 0.6 is 0 Å². The summed E-state index contributed by atoms with van der Waals surface area (Å²) in [5, 5.41) is 0. The summed E-state index contributed by atoms with van der Waals surface area (Å²) >= 11 is 0. The smallest absolute Gasteiger partial charge is 0.315 e. The van der Waals surface area contributed by atoms with Gasteiger partial charge < -0.3 is 18.9 Å².